The first-order chi connectivity index (χ1) is 28.7. The van der Waals surface area contributed by atoms with E-state index in [-0.39, 0.29) is 38.1 Å². The van der Waals surface area contributed by atoms with Gasteiger partial charge in [0.15, 0.2) is 6.10 Å². The van der Waals surface area contributed by atoms with Crippen LogP contribution < -0.4 is 0 Å². The molecule has 11 nitrogen and oxygen atoms in total. The lowest BCUT2D eigenvalue weighted by molar-refractivity contribution is -0.257. The van der Waals surface area contributed by atoms with Crippen molar-refractivity contribution in [2.75, 3.05) is 38.4 Å². The molecule has 0 aromatic carbocycles. The molecular formula is C46H90N2O9PS2. The number of hydroxylamine groups is 2. The molecule has 355 valence electrons. The lowest BCUT2D eigenvalue weighted by atomic mass is 9.97. The Morgan fingerprint density at radius 3 is 1.47 bits per heavy atom. The van der Waals surface area contributed by atoms with Crippen molar-refractivity contribution in [3.63, 3.8) is 0 Å². The summed E-state index contributed by atoms with van der Waals surface area (Å²) in [6.45, 7) is 11.5. The molecule has 3 atom stereocenters. The summed E-state index contributed by atoms with van der Waals surface area (Å²) in [6.07, 6.45) is 31.0. The van der Waals surface area contributed by atoms with Gasteiger partial charge >= 0.3 is 19.8 Å². The quantitative estimate of drug-likeness (QED) is 0.0271. The largest absolute Gasteiger partial charge is 0.472 e. The number of hydrogen-bond acceptors (Lipinski definition) is 11. The van der Waals surface area contributed by atoms with Crippen molar-refractivity contribution < 1.29 is 42.8 Å². The number of esters is 2. The van der Waals surface area contributed by atoms with Crippen LogP contribution in [0.15, 0.2) is 0 Å². The van der Waals surface area contributed by atoms with E-state index in [1.807, 2.05) is 34.7 Å². The first kappa shape index (κ1) is 57.6. The Kier molecular flexibility index (Phi) is 33.6. The maximum absolute atomic E-state index is 12.8. The van der Waals surface area contributed by atoms with E-state index in [0.29, 0.717) is 17.9 Å². The van der Waals surface area contributed by atoms with E-state index in [0.717, 1.165) is 43.6 Å². The van der Waals surface area contributed by atoms with E-state index in [4.69, 9.17) is 18.5 Å². The van der Waals surface area contributed by atoms with Gasteiger partial charge in [-0.3, -0.25) is 23.5 Å². The zero-order valence-corrected chi connectivity index (χ0v) is 41.9. The third-order valence-electron chi connectivity index (χ3n) is 12.0. The lowest BCUT2D eigenvalue weighted by Gasteiger charge is -2.32. The molecule has 1 radical (unpaired) electrons. The van der Waals surface area contributed by atoms with Crippen LogP contribution in [0.3, 0.4) is 0 Å². The molecule has 0 saturated carbocycles. The Labute approximate surface area is 375 Å². The average Bonchev–Trinajstić information content (AvgIpc) is 3.32. The minimum atomic E-state index is -4.47. The number of hydrogen-bond donors (Lipinski definition) is 1. The van der Waals surface area contributed by atoms with Crippen LogP contribution in [0.5, 0.6) is 0 Å². The highest BCUT2D eigenvalue weighted by molar-refractivity contribution is 8.76. The molecule has 14 heteroatoms. The Hall–Kier alpha value is -0.370. The number of carbonyl (C=O) groups is 2. The summed E-state index contributed by atoms with van der Waals surface area (Å²) in [4.78, 5) is 37.9. The maximum atomic E-state index is 12.8. The smallest absolute Gasteiger partial charge is 0.462 e. The average molecular weight is 910 g/mol. The van der Waals surface area contributed by atoms with Gasteiger partial charge in [0.1, 0.15) is 6.61 Å². The Morgan fingerprint density at radius 1 is 0.633 bits per heavy atom. The van der Waals surface area contributed by atoms with Gasteiger partial charge in [0, 0.05) is 30.4 Å². The van der Waals surface area contributed by atoms with Crippen molar-refractivity contribution in [1.82, 2.24) is 9.96 Å². The van der Waals surface area contributed by atoms with Crippen molar-refractivity contribution in [2.45, 2.75) is 245 Å². The summed E-state index contributed by atoms with van der Waals surface area (Å²) in [5.74, 6) is 0.302. The van der Waals surface area contributed by atoms with Crippen LogP contribution in [0.25, 0.3) is 0 Å². The highest BCUT2D eigenvalue weighted by Gasteiger charge is 2.56. The molecule has 60 heavy (non-hydrogen) atoms. The number of unbranched alkanes of at least 4 members (excludes halogenated alkanes) is 24. The summed E-state index contributed by atoms with van der Waals surface area (Å²) >= 11 is 0. The van der Waals surface area contributed by atoms with Crippen LogP contribution in [0.2, 0.25) is 0 Å². The Balaban J connectivity index is 2.43. The first-order valence-corrected chi connectivity index (χ1v) is 28.1. The van der Waals surface area contributed by atoms with Crippen molar-refractivity contribution in [3.05, 3.63) is 0 Å². The molecule has 1 fully saturated rings. The monoisotopic (exact) mass is 910 g/mol. The summed E-state index contributed by atoms with van der Waals surface area (Å²) in [7, 11) is 0.576. The van der Waals surface area contributed by atoms with Crippen LogP contribution in [-0.4, -0.2) is 88.5 Å². The molecule has 1 rings (SSSR count). The van der Waals surface area contributed by atoms with Crippen LogP contribution in [0.1, 0.15) is 221 Å². The first-order valence-electron chi connectivity index (χ1n) is 24.1. The van der Waals surface area contributed by atoms with E-state index >= 15 is 0 Å². The summed E-state index contributed by atoms with van der Waals surface area (Å²) in [5, 5.41) is 14.0. The zero-order valence-electron chi connectivity index (χ0n) is 39.4. The second-order valence-corrected chi connectivity index (χ2v) is 22.1. The molecule has 0 aromatic heterocycles. The van der Waals surface area contributed by atoms with Crippen LogP contribution in [0.4, 0.5) is 0 Å². The van der Waals surface area contributed by atoms with E-state index < -0.39 is 37.7 Å². The standard InChI is InChI=1S/C46H90N2O9PS2/c1-8-10-12-14-16-18-20-22-24-26-28-30-32-34-43(49)54-38-41(57-44(50)35-33-31-29-27-25-23-21-19-17-15-13-11-9-2)39-56-58(52,53)55-36-37-59-60-40-42-45(3,4)48(51)46(5,6)47(42)7/h41-42H,8-40H2,1-7H3,(H,52,53)/t41-,42?/m1/s1. The zero-order chi connectivity index (χ0) is 44.5. The summed E-state index contributed by atoms with van der Waals surface area (Å²) in [6, 6.07) is 0.0309. The molecule has 0 aliphatic carbocycles. The molecule has 1 aliphatic heterocycles. The van der Waals surface area contributed by atoms with Gasteiger partial charge in [0.2, 0.25) is 0 Å². The number of phosphoric ester groups is 1. The van der Waals surface area contributed by atoms with E-state index in [1.165, 1.54) is 133 Å². The van der Waals surface area contributed by atoms with Gasteiger partial charge in [-0.1, -0.05) is 190 Å². The third-order valence-corrected chi connectivity index (χ3v) is 15.4. The molecule has 1 N–H and O–H groups in total. The summed E-state index contributed by atoms with van der Waals surface area (Å²) in [5.41, 5.74) is -1.16. The minimum absolute atomic E-state index is 0.0309. The van der Waals surface area contributed by atoms with E-state index in [2.05, 4.69) is 18.7 Å². The normalized spacial score (nSPS) is 18.1. The molecule has 1 aliphatic rings. The molecule has 1 heterocycles. The van der Waals surface area contributed by atoms with E-state index in [1.54, 1.807) is 10.8 Å². The number of rotatable bonds is 41. The van der Waals surface area contributed by atoms with Gasteiger partial charge in [-0.25, -0.2) is 4.57 Å². The number of likely N-dealkylation sites (N-methyl/N-ethyl adjacent to an activating group) is 1. The fourth-order valence-corrected chi connectivity index (χ4v) is 11.2. The van der Waals surface area contributed by atoms with Crippen molar-refractivity contribution >= 4 is 41.3 Å². The fraction of sp³-hybridized carbons (Fsp3) is 0.957. The van der Waals surface area contributed by atoms with Gasteiger partial charge < -0.3 is 14.4 Å². The molecule has 0 aromatic rings. The third kappa shape index (κ3) is 27.1. The number of ether oxygens (including phenoxy) is 2. The fourth-order valence-electron chi connectivity index (χ4n) is 7.92. The molecule has 0 spiro atoms. The van der Waals surface area contributed by atoms with Gasteiger partial charge in [-0.2, -0.15) is 0 Å². The Morgan fingerprint density at radius 2 is 1.05 bits per heavy atom. The van der Waals surface area contributed by atoms with Gasteiger partial charge in [0.05, 0.1) is 24.4 Å². The second kappa shape index (κ2) is 35.0. The minimum Gasteiger partial charge on any atom is -0.462 e. The molecule has 1 saturated heterocycles. The summed E-state index contributed by atoms with van der Waals surface area (Å²) < 4.78 is 34.3. The number of phosphoric acid groups is 1. The van der Waals surface area contributed by atoms with Crippen LogP contribution in [0, 0.1) is 0 Å². The predicted molar refractivity (Wildman–Crippen MR) is 250 cm³/mol. The number of carbonyl (C=O) groups excluding carboxylic acids is 2. The van der Waals surface area contributed by atoms with Crippen molar-refractivity contribution in [2.24, 2.45) is 0 Å². The maximum Gasteiger partial charge on any atom is 0.472 e. The molecule has 0 amide bonds. The molecule has 0 bridgehead atoms. The highest BCUT2D eigenvalue weighted by atomic mass is 33.1. The topological polar surface area (TPSA) is 135 Å². The Bertz CT molecular complexity index is 1140. The van der Waals surface area contributed by atoms with Crippen LogP contribution >= 0.6 is 29.4 Å². The lowest BCUT2D eigenvalue weighted by Crippen LogP contribution is -2.48. The highest BCUT2D eigenvalue weighted by Crippen LogP contribution is 2.45. The van der Waals surface area contributed by atoms with Gasteiger partial charge in [-0.15, -0.1) is 10.3 Å². The van der Waals surface area contributed by atoms with Gasteiger partial charge in [0.25, 0.3) is 0 Å². The van der Waals surface area contributed by atoms with Crippen LogP contribution in [-0.2, 0) is 37.9 Å². The number of nitrogens with zero attached hydrogens (tertiary/aromatic N) is 2. The van der Waals surface area contributed by atoms with Crippen molar-refractivity contribution in [1.29, 1.82) is 0 Å². The second-order valence-electron chi connectivity index (χ2n) is 18.1. The molecule has 2 unspecified atom stereocenters. The molecular weight excluding hydrogens is 820 g/mol. The SMILES string of the molecule is CCCCCCCCCCCCCCCC(=O)OC[C@H](COP(=O)(O)OCCSSCC1N(C)C(C)(C)N([O])C1(C)C)OC(=O)CCCCCCCCCCCCCCC. The van der Waals surface area contributed by atoms with Crippen molar-refractivity contribution in [3.8, 4) is 0 Å². The van der Waals surface area contributed by atoms with Gasteiger partial charge in [-0.05, 0) is 47.6 Å². The van der Waals surface area contributed by atoms with E-state index in [9.17, 15) is 24.3 Å². The predicted octanol–water partition coefficient (Wildman–Crippen LogP) is 13.4.